The number of amides is 1. The molecule has 2 aliphatic rings. The third-order valence-electron chi connectivity index (χ3n) is 4.56. The standard InChI is InChI=1S/C15H28N2O/c1-11(2)9-14-15(18)16-13(10-17(14)3)12-7-5-4-6-8-12/h11-14H,4-10H2,1-3H3,(H,16,18). The van der Waals surface area contributed by atoms with Gasteiger partial charge in [0.05, 0.1) is 6.04 Å². The second-order valence-corrected chi connectivity index (χ2v) is 6.60. The van der Waals surface area contributed by atoms with Crippen molar-refractivity contribution in [2.45, 2.75) is 64.5 Å². The molecule has 0 spiro atoms. The minimum atomic E-state index is 0.0878. The van der Waals surface area contributed by atoms with E-state index < -0.39 is 0 Å². The number of hydrogen-bond donors (Lipinski definition) is 1. The molecule has 104 valence electrons. The van der Waals surface area contributed by atoms with Gasteiger partial charge >= 0.3 is 0 Å². The molecule has 1 saturated carbocycles. The van der Waals surface area contributed by atoms with Gasteiger partial charge in [0.1, 0.15) is 0 Å². The predicted octanol–water partition coefficient (Wildman–Crippen LogP) is 2.41. The number of hydrogen-bond acceptors (Lipinski definition) is 2. The normalized spacial score (nSPS) is 31.7. The molecule has 2 fully saturated rings. The summed E-state index contributed by atoms with van der Waals surface area (Å²) in [6.45, 7) is 5.41. The summed E-state index contributed by atoms with van der Waals surface area (Å²) in [7, 11) is 2.11. The zero-order chi connectivity index (χ0) is 13.1. The Balaban J connectivity index is 1.93. The van der Waals surface area contributed by atoms with E-state index in [1.807, 2.05) is 0 Å². The van der Waals surface area contributed by atoms with E-state index in [4.69, 9.17) is 0 Å². The van der Waals surface area contributed by atoms with Gasteiger partial charge < -0.3 is 5.32 Å². The Hall–Kier alpha value is -0.570. The third-order valence-corrected chi connectivity index (χ3v) is 4.56. The van der Waals surface area contributed by atoms with Gasteiger partial charge in [-0.15, -0.1) is 0 Å². The summed E-state index contributed by atoms with van der Waals surface area (Å²) in [5, 5.41) is 3.29. The van der Waals surface area contributed by atoms with Gasteiger partial charge in [-0.05, 0) is 38.1 Å². The minimum absolute atomic E-state index is 0.0878. The van der Waals surface area contributed by atoms with Crippen LogP contribution in [-0.2, 0) is 4.79 Å². The van der Waals surface area contributed by atoms with E-state index in [1.54, 1.807) is 0 Å². The van der Waals surface area contributed by atoms with Crippen LogP contribution in [0.25, 0.3) is 0 Å². The molecule has 1 aliphatic carbocycles. The summed E-state index contributed by atoms with van der Waals surface area (Å²) < 4.78 is 0. The van der Waals surface area contributed by atoms with Crippen LogP contribution in [-0.4, -0.2) is 36.5 Å². The monoisotopic (exact) mass is 252 g/mol. The van der Waals surface area contributed by atoms with Crippen molar-refractivity contribution < 1.29 is 4.79 Å². The van der Waals surface area contributed by atoms with E-state index in [2.05, 4.69) is 31.1 Å². The van der Waals surface area contributed by atoms with Crippen LogP contribution in [0, 0.1) is 11.8 Å². The molecule has 1 aliphatic heterocycles. The van der Waals surface area contributed by atoms with Gasteiger partial charge in [0.2, 0.25) is 5.91 Å². The maximum absolute atomic E-state index is 12.2. The van der Waals surface area contributed by atoms with Crippen molar-refractivity contribution in [1.82, 2.24) is 10.2 Å². The maximum atomic E-state index is 12.2. The molecule has 0 aromatic carbocycles. The summed E-state index contributed by atoms with van der Waals surface area (Å²) in [5.74, 6) is 1.55. The zero-order valence-electron chi connectivity index (χ0n) is 12.1. The van der Waals surface area contributed by atoms with Crippen molar-refractivity contribution in [3.63, 3.8) is 0 Å². The number of rotatable bonds is 3. The van der Waals surface area contributed by atoms with E-state index in [0.717, 1.165) is 13.0 Å². The maximum Gasteiger partial charge on any atom is 0.237 e. The molecule has 3 heteroatoms. The Morgan fingerprint density at radius 1 is 1.28 bits per heavy atom. The smallest absolute Gasteiger partial charge is 0.237 e. The molecular formula is C15H28N2O. The van der Waals surface area contributed by atoms with Gasteiger partial charge in [-0.2, -0.15) is 0 Å². The predicted molar refractivity (Wildman–Crippen MR) is 74.4 cm³/mol. The number of nitrogens with zero attached hydrogens (tertiary/aromatic N) is 1. The van der Waals surface area contributed by atoms with Crippen LogP contribution >= 0.6 is 0 Å². The molecule has 0 aromatic rings. The lowest BCUT2D eigenvalue weighted by Crippen LogP contribution is -2.61. The second-order valence-electron chi connectivity index (χ2n) is 6.60. The van der Waals surface area contributed by atoms with Gasteiger partial charge in [0.25, 0.3) is 0 Å². The van der Waals surface area contributed by atoms with Crippen LogP contribution in [0.15, 0.2) is 0 Å². The highest BCUT2D eigenvalue weighted by Gasteiger charge is 2.36. The molecular weight excluding hydrogens is 224 g/mol. The average molecular weight is 252 g/mol. The van der Waals surface area contributed by atoms with Crippen molar-refractivity contribution >= 4 is 5.91 Å². The van der Waals surface area contributed by atoms with Gasteiger partial charge in [0, 0.05) is 12.6 Å². The second kappa shape index (κ2) is 6.05. The van der Waals surface area contributed by atoms with Crippen molar-refractivity contribution in [3.8, 4) is 0 Å². The van der Waals surface area contributed by atoms with Crippen LogP contribution in [0.4, 0.5) is 0 Å². The van der Waals surface area contributed by atoms with E-state index in [9.17, 15) is 4.79 Å². The van der Waals surface area contributed by atoms with Gasteiger partial charge in [-0.25, -0.2) is 0 Å². The summed E-state index contributed by atoms with van der Waals surface area (Å²) in [6.07, 6.45) is 7.64. The van der Waals surface area contributed by atoms with Crippen molar-refractivity contribution in [1.29, 1.82) is 0 Å². The summed E-state index contributed by atoms with van der Waals surface area (Å²) in [5.41, 5.74) is 0. The van der Waals surface area contributed by atoms with Crippen LogP contribution in [0.3, 0.4) is 0 Å². The van der Waals surface area contributed by atoms with E-state index >= 15 is 0 Å². The van der Waals surface area contributed by atoms with Crippen LogP contribution < -0.4 is 5.32 Å². The molecule has 2 rings (SSSR count). The lowest BCUT2D eigenvalue weighted by Gasteiger charge is -2.42. The Bertz CT molecular complexity index is 284. The molecule has 18 heavy (non-hydrogen) atoms. The Morgan fingerprint density at radius 3 is 2.50 bits per heavy atom. The Labute approximate surface area is 111 Å². The number of carbonyl (C=O) groups excluding carboxylic acids is 1. The Kier molecular flexibility index (Phi) is 4.66. The first-order chi connectivity index (χ1) is 8.58. The SMILES string of the molecule is CC(C)CC1C(=O)NC(C2CCCCC2)CN1C. The fourth-order valence-corrected chi connectivity index (χ4v) is 3.50. The lowest BCUT2D eigenvalue weighted by molar-refractivity contribution is -0.131. The summed E-state index contributed by atoms with van der Waals surface area (Å²) in [6, 6.07) is 0.482. The first kappa shape index (κ1) is 13.9. The minimum Gasteiger partial charge on any atom is -0.350 e. The highest BCUT2D eigenvalue weighted by Crippen LogP contribution is 2.29. The molecule has 2 unspecified atom stereocenters. The van der Waals surface area contributed by atoms with E-state index in [1.165, 1.54) is 32.1 Å². The van der Waals surface area contributed by atoms with Crippen LogP contribution in [0.1, 0.15) is 52.4 Å². The largest absolute Gasteiger partial charge is 0.350 e. The van der Waals surface area contributed by atoms with E-state index in [0.29, 0.717) is 17.9 Å². The molecule has 3 nitrogen and oxygen atoms in total. The highest BCUT2D eigenvalue weighted by atomic mass is 16.2. The van der Waals surface area contributed by atoms with Crippen LogP contribution in [0.5, 0.6) is 0 Å². The van der Waals surface area contributed by atoms with Gasteiger partial charge in [0.15, 0.2) is 0 Å². The van der Waals surface area contributed by atoms with Crippen LogP contribution in [0.2, 0.25) is 0 Å². The fourth-order valence-electron chi connectivity index (χ4n) is 3.50. The fraction of sp³-hybridized carbons (Fsp3) is 0.933. The topological polar surface area (TPSA) is 32.3 Å². The number of carbonyl (C=O) groups is 1. The number of piperazine rings is 1. The number of likely N-dealkylation sites (N-methyl/N-ethyl adjacent to an activating group) is 1. The average Bonchev–Trinajstić information content (AvgIpc) is 2.34. The van der Waals surface area contributed by atoms with Crippen molar-refractivity contribution in [2.24, 2.45) is 11.8 Å². The van der Waals surface area contributed by atoms with Crippen molar-refractivity contribution in [2.75, 3.05) is 13.6 Å². The summed E-state index contributed by atoms with van der Waals surface area (Å²) >= 11 is 0. The first-order valence-corrected chi connectivity index (χ1v) is 7.58. The lowest BCUT2D eigenvalue weighted by atomic mass is 9.82. The van der Waals surface area contributed by atoms with E-state index in [-0.39, 0.29) is 11.9 Å². The van der Waals surface area contributed by atoms with Gasteiger partial charge in [-0.1, -0.05) is 33.1 Å². The molecule has 0 bridgehead atoms. The molecule has 2 atom stereocenters. The molecule has 1 saturated heterocycles. The molecule has 1 heterocycles. The first-order valence-electron chi connectivity index (χ1n) is 7.58. The quantitative estimate of drug-likeness (QED) is 0.836. The van der Waals surface area contributed by atoms with Crippen molar-refractivity contribution in [3.05, 3.63) is 0 Å². The molecule has 1 amide bonds. The highest BCUT2D eigenvalue weighted by molar-refractivity contribution is 5.82. The molecule has 1 N–H and O–H groups in total. The molecule has 0 aromatic heterocycles. The Morgan fingerprint density at radius 2 is 1.94 bits per heavy atom. The third kappa shape index (κ3) is 3.25. The van der Waals surface area contributed by atoms with Gasteiger partial charge in [-0.3, -0.25) is 9.69 Å². The number of nitrogens with one attached hydrogen (secondary N) is 1. The molecule has 0 radical (unpaired) electrons. The summed E-state index contributed by atoms with van der Waals surface area (Å²) in [4.78, 5) is 14.5. The zero-order valence-corrected chi connectivity index (χ0v) is 12.1.